The lowest BCUT2D eigenvalue weighted by Crippen LogP contribution is -2.48. The molecule has 0 radical (unpaired) electrons. The highest BCUT2D eigenvalue weighted by atomic mass is 32.1. The van der Waals surface area contributed by atoms with Crippen molar-refractivity contribution in [3.63, 3.8) is 0 Å². The number of nitrogens with zero attached hydrogens (tertiary/aromatic N) is 2. The molecule has 1 aliphatic heterocycles. The molecule has 1 aliphatic rings. The summed E-state index contributed by atoms with van der Waals surface area (Å²) >= 11 is 1.73. The predicted octanol–water partition coefficient (Wildman–Crippen LogP) is 3.06. The van der Waals surface area contributed by atoms with Crippen molar-refractivity contribution in [2.75, 3.05) is 46.0 Å². The van der Waals surface area contributed by atoms with Crippen molar-refractivity contribution in [2.24, 2.45) is 0 Å². The molecule has 2 atom stereocenters. The number of aliphatic hydroxyl groups excluding tert-OH is 1. The van der Waals surface area contributed by atoms with E-state index in [0.29, 0.717) is 26.2 Å². The lowest BCUT2D eigenvalue weighted by Gasteiger charge is -2.37. The van der Waals surface area contributed by atoms with Gasteiger partial charge in [0.1, 0.15) is 19.0 Å². The minimum atomic E-state index is -0.739. The Morgan fingerprint density at radius 2 is 2.33 bits per heavy atom. The van der Waals surface area contributed by atoms with Crippen LogP contribution in [0.5, 0.6) is 5.75 Å². The van der Waals surface area contributed by atoms with E-state index < -0.39 is 6.10 Å². The molecule has 7 heteroatoms. The lowest BCUT2D eigenvalue weighted by molar-refractivity contribution is -0.136. The van der Waals surface area contributed by atoms with Crippen LogP contribution in [0.1, 0.15) is 22.0 Å². The molecular formula is C26H32N2O4S. The summed E-state index contributed by atoms with van der Waals surface area (Å²) in [7, 11) is 0. The van der Waals surface area contributed by atoms with Crippen molar-refractivity contribution >= 4 is 17.2 Å². The second-order valence-corrected chi connectivity index (χ2v) is 9.14. The van der Waals surface area contributed by atoms with Crippen LogP contribution in [0.4, 0.5) is 0 Å². The van der Waals surface area contributed by atoms with Gasteiger partial charge in [-0.15, -0.1) is 24.3 Å². The molecule has 1 aromatic heterocycles. The first kappa shape index (κ1) is 25.0. The van der Waals surface area contributed by atoms with Gasteiger partial charge in [0, 0.05) is 24.5 Å². The number of hydrogen-bond donors (Lipinski definition) is 1. The number of thiophene rings is 1. The van der Waals surface area contributed by atoms with E-state index in [4.69, 9.17) is 15.9 Å². The Labute approximate surface area is 200 Å². The first-order valence-corrected chi connectivity index (χ1v) is 12.0. The summed E-state index contributed by atoms with van der Waals surface area (Å²) in [4.78, 5) is 18.5. The van der Waals surface area contributed by atoms with E-state index in [1.807, 2.05) is 41.0 Å². The second kappa shape index (κ2) is 12.6. The smallest absolute Gasteiger partial charge is 0.237 e. The second-order valence-electron chi connectivity index (χ2n) is 8.14. The molecule has 0 fully saturated rings. The van der Waals surface area contributed by atoms with E-state index in [9.17, 15) is 9.90 Å². The number of terminal acetylenes is 1. The zero-order valence-electron chi connectivity index (χ0n) is 19.1. The molecule has 176 valence electrons. The van der Waals surface area contributed by atoms with Crippen LogP contribution in [0, 0.1) is 19.3 Å². The third-order valence-corrected chi connectivity index (χ3v) is 6.52. The van der Waals surface area contributed by atoms with Gasteiger partial charge in [0.2, 0.25) is 5.91 Å². The molecule has 2 aromatic rings. The molecule has 6 nitrogen and oxygen atoms in total. The fraction of sp³-hybridized carbons (Fsp3) is 0.423. The molecule has 0 unspecified atom stereocenters. The van der Waals surface area contributed by atoms with E-state index in [-0.39, 0.29) is 31.7 Å². The average molecular weight is 469 g/mol. The van der Waals surface area contributed by atoms with Crippen molar-refractivity contribution in [1.29, 1.82) is 0 Å². The molecule has 3 rings (SSSR count). The summed E-state index contributed by atoms with van der Waals surface area (Å²) < 4.78 is 11.3. The zero-order valence-corrected chi connectivity index (χ0v) is 19.9. The number of hydrogen-bond acceptors (Lipinski definition) is 6. The quantitative estimate of drug-likeness (QED) is 0.295. The summed E-state index contributed by atoms with van der Waals surface area (Å²) in [5, 5.41) is 12.3. The van der Waals surface area contributed by atoms with E-state index in [1.165, 1.54) is 4.88 Å². The predicted molar refractivity (Wildman–Crippen MR) is 131 cm³/mol. The lowest BCUT2D eigenvalue weighted by atomic mass is 10.0. The molecule has 1 N–H and O–H groups in total. The van der Waals surface area contributed by atoms with Gasteiger partial charge in [-0.3, -0.25) is 9.69 Å². The van der Waals surface area contributed by atoms with Gasteiger partial charge in [0.05, 0.1) is 25.3 Å². The third kappa shape index (κ3) is 7.18. The summed E-state index contributed by atoms with van der Waals surface area (Å²) in [6.45, 7) is 8.09. The largest absolute Gasteiger partial charge is 0.491 e. The number of ether oxygens (including phenoxy) is 2. The number of fused-ring (bicyclic) bond motifs is 1. The van der Waals surface area contributed by atoms with Gasteiger partial charge in [-0.1, -0.05) is 24.1 Å². The maximum absolute atomic E-state index is 13.4. The Morgan fingerprint density at radius 3 is 3.09 bits per heavy atom. The minimum Gasteiger partial charge on any atom is -0.491 e. The van der Waals surface area contributed by atoms with Gasteiger partial charge < -0.3 is 19.5 Å². The highest BCUT2D eigenvalue weighted by Crippen LogP contribution is 2.34. The van der Waals surface area contributed by atoms with Gasteiger partial charge in [0.25, 0.3) is 0 Å². The van der Waals surface area contributed by atoms with E-state index in [1.54, 1.807) is 17.4 Å². The maximum Gasteiger partial charge on any atom is 0.237 e. The molecule has 2 heterocycles. The number of carbonyl (C=O) groups is 1. The first-order chi connectivity index (χ1) is 16.0. The number of aryl methyl sites for hydroxylation is 1. The minimum absolute atomic E-state index is 0.00304. The summed E-state index contributed by atoms with van der Waals surface area (Å²) in [6, 6.07) is 9.88. The van der Waals surface area contributed by atoms with E-state index in [0.717, 1.165) is 23.3 Å². The van der Waals surface area contributed by atoms with Gasteiger partial charge in [-0.25, -0.2) is 0 Å². The van der Waals surface area contributed by atoms with Crippen molar-refractivity contribution in [2.45, 2.75) is 25.5 Å². The van der Waals surface area contributed by atoms with Gasteiger partial charge in [-0.2, -0.15) is 0 Å². The fourth-order valence-electron chi connectivity index (χ4n) is 4.03. The highest BCUT2D eigenvalue weighted by Gasteiger charge is 2.33. The first-order valence-electron chi connectivity index (χ1n) is 11.1. The summed E-state index contributed by atoms with van der Waals surface area (Å²) in [5.41, 5.74) is 2.29. The number of benzene rings is 1. The molecule has 0 saturated heterocycles. The van der Waals surface area contributed by atoms with E-state index >= 15 is 0 Å². The van der Waals surface area contributed by atoms with Crippen LogP contribution in [0.25, 0.3) is 0 Å². The van der Waals surface area contributed by atoms with Crippen LogP contribution in [0.2, 0.25) is 0 Å². The molecular weight excluding hydrogens is 436 g/mol. The van der Waals surface area contributed by atoms with Gasteiger partial charge >= 0.3 is 0 Å². The van der Waals surface area contributed by atoms with Crippen molar-refractivity contribution in [3.05, 3.63) is 64.4 Å². The molecule has 0 aliphatic carbocycles. The summed E-state index contributed by atoms with van der Waals surface area (Å²) in [6.07, 6.45) is 7.01. The zero-order chi connectivity index (χ0) is 23.6. The van der Waals surface area contributed by atoms with Crippen LogP contribution in [-0.4, -0.2) is 72.9 Å². The topological polar surface area (TPSA) is 62.2 Å². The molecule has 1 amide bonds. The normalized spacial score (nSPS) is 16.2. The number of carbonyl (C=O) groups excluding carboxylic acids is 1. The van der Waals surface area contributed by atoms with Crippen LogP contribution >= 0.6 is 11.3 Å². The number of rotatable bonds is 12. The number of amides is 1. The molecule has 33 heavy (non-hydrogen) atoms. The van der Waals surface area contributed by atoms with Gasteiger partial charge in [0.15, 0.2) is 0 Å². The summed E-state index contributed by atoms with van der Waals surface area (Å²) in [5.74, 6) is 3.18. The van der Waals surface area contributed by atoms with Crippen LogP contribution in [-0.2, 0) is 16.0 Å². The van der Waals surface area contributed by atoms with Crippen LogP contribution in [0.3, 0.4) is 0 Å². The highest BCUT2D eigenvalue weighted by molar-refractivity contribution is 7.10. The molecule has 1 aromatic carbocycles. The molecule has 0 bridgehead atoms. The fourth-order valence-corrected chi connectivity index (χ4v) is 4.96. The van der Waals surface area contributed by atoms with Crippen molar-refractivity contribution in [1.82, 2.24) is 9.80 Å². The van der Waals surface area contributed by atoms with Crippen molar-refractivity contribution in [3.8, 4) is 18.1 Å². The Bertz CT molecular complexity index is 967. The SMILES string of the molecule is C#CCOC[C@@H](O)CN(CC=C)CC(=O)N1CCc2sccc2[C@@H]1COc1cccc(C)c1. The van der Waals surface area contributed by atoms with Crippen LogP contribution in [0.15, 0.2) is 48.4 Å². The molecule has 0 saturated carbocycles. The monoisotopic (exact) mass is 468 g/mol. The average Bonchev–Trinajstić information content (AvgIpc) is 3.27. The van der Waals surface area contributed by atoms with E-state index in [2.05, 4.69) is 23.9 Å². The maximum atomic E-state index is 13.4. The number of aliphatic hydroxyl groups is 1. The van der Waals surface area contributed by atoms with Gasteiger partial charge in [-0.05, 0) is 48.1 Å². The molecule has 0 spiro atoms. The Balaban J connectivity index is 1.68. The Kier molecular flexibility index (Phi) is 9.52. The van der Waals surface area contributed by atoms with Crippen molar-refractivity contribution < 1.29 is 19.4 Å². The third-order valence-electron chi connectivity index (χ3n) is 5.52. The standard InChI is InChI=1S/C26H32N2O4S/c1-4-11-27(16-21(29)18-31-13-5-2)17-26(30)28-12-9-25-23(10-14-33-25)24(28)19-32-22-8-6-7-20(3)15-22/h2,4,6-8,10,14-15,21,24,29H,1,9,11-13,16-19H2,3H3/t21-,24-/m0/s1. The van der Waals surface area contributed by atoms with Crippen LogP contribution < -0.4 is 4.74 Å². The Morgan fingerprint density at radius 1 is 1.48 bits per heavy atom. The Hall–Kier alpha value is -2.63.